The second-order valence-corrected chi connectivity index (χ2v) is 6.18. The van der Waals surface area contributed by atoms with E-state index in [9.17, 15) is 0 Å². The third kappa shape index (κ3) is 4.07. The summed E-state index contributed by atoms with van der Waals surface area (Å²) in [5.74, 6) is 0.975. The summed E-state index contributed by atoms with van der Waals surface area (Å²) < 4.78 is 0. The zero-order valence-corrected chi connectivity index (χ0v) is 13.4. The molecule has 1 unspecified atom stereocenters. The highest BCUT2D eigenvalue weighted by atomic mass is 15.1. The van der Waals surface area contributed by atoms with Gasteiger partial charge in [0.15, 0.2) is 0 Å². The molecule has 2 rings (SSSR count). The molecule has 1 atom stereocenters. The first kappa shape index (κ1) is 15.5. The van der Waals surface area contributed by atoms with E-state index in [0.717, 1.165) is 5.92 Å². The maximum Gasteiger partial charge on any atom is 0.0332 e. The zero-order chi connectivity index (χ0) is 14.4. The highest BCUT2D eigenvalue weighted by molar-refractivity contribution is 5.28. The number of benzene rings is 1. The molecule has 0 saturated carbocycles. The largest absolute Gasteiger partial charge is 0.313 e. The molecular formula is C18H30N2. The number of hydrogen-bond acceptors (Lipinski definition) is 2. The van der Waals surface area contributed by atoms with Crippen LogP contribution in [-0.4, -0.2) is 31.6 Å². The lowest BCUT2D eigenvalue weighted by Crippen LogP contribution is -2.35. The minimum Gasteiger partial charge on any atom is -0.313 e. The van der Waals surface area contributed by atoms with Gasteiger partial charge in [-0.15, -0.1) is 0 Å². The first-order valence-corrected chi connectivity index (χ1v) is 8.19. The van der Waals surface area contributed by atoms with Crippen LogP contribution in [0.5, 0.6) is 0 Å². The topological polar surface area (TPSA) is 15.3 Å². The van der Waals surface area contributed by atoms with Crippen LogP contribution in [0.3, 0.4) is 0 Å². The van der Waals surface area contributed by atoms with E-state index >= 15 is 0 Å². The summed E-state index contributed by atoms with van der Waals surface area (Å²) in [5, 5.41) is 3.49. The van der Waals surface area contributed by atoms with Crippen molar-refractivity contribution in [2.24, 2.45) is 5.92 Å². The number of piperidine rings is 1. The van der Waals surface area contributed by atoms with Crippen molar-refractivity contribution in [1.82, 2.24) is 10.2 Å². The Bertz CT molecular complexity index is 394. The monoisotopic (exact) mass is 274 g/mol. The highest BCUT2D eigenvalue weighted by Gasteiger charge is 2.19. The molecule has 0 aromatic heterocycles. The van der Waals surface area contributed by atoms with Gasteiger partial charge in [-0.3, -0.25) is 0 Å². The summed E-state index contributed by atoms with van der Waals surface area (Å²) >= 11 is 0. The molecule has 1 aromatic rings. The average molecular weight is 274 g/mol. The van der Waals surface area contributed by atoms with Crippen LogP contribution in [0.25, 0.3) is 0 Å². The number of aryl methyl sites for hydroxylation is 1. The van der Waals surface area contributed by atoms with Gasteiger partial charge in [0.1, 0.15) is 0 Å². The Labute approximate surface area is 124 Å². The predicted octanol–water partition coefficient (Wildman–Crippen LogP) is 3.77. The minimum atomic E-state index is 0.486. The van der Waals surface area contributed by atoms with Crippen molar-refractivity contribution in [3.05, 3.63) is 35.4 Å². The van der Waals surface area contributed by atoms with Gasteiger partial charge in [-0.2, -0.15) is 0 Å². The molecule has 1 fully saturated rings. The molecule has 0 amide bonds. The van der Waals surface area contributed by atoms with Gasteiger partial charge in [0.2, 0.25) is 0 Å². The maximum atomic E-state index is 3.49. The fourth-order valence-corrected chi connectivity index (χ4v) is 3.36. The molecule has 1 aliphatic rings. The van der Waals surface area contributed by atoms with Gasteiger partial charge in [-0.25, -0.2) is 0 Å². The minimum absolute atomic E-state index is 0.486. The molecule has 1 aliphatic heterocycles. The van der Waals surface area contributed by atoms with Gasteiger partial charge in [0.05, 0.1) is 0 Å². The first-order chi connectivity index (χ1) is 9.74. The van der Waals surface area contributed by atoms with Crippen molar-refractivity contribution in [1.29, 1.82) is 0 Å². The fourth-order valence-electron chi connectivity index (χ4n) is 3.36. The molecule has 0 aliphatic carbocycles. The van der Waals surface area contributed by atoms with Gasteiger partial charge in [0, 0.05) is 6.04 Å². The Morgan fingerprint density at radius 1 is 1.25 bits per heavy atom. The molecule has 2 nitrogen and oxygen atoms in total. The normalized spacial score (nSPS) is 19.1. The second kappa shape index (κ2) is 7.80. The zero-order valence-electron chi connectivity index (χ0n) is 13.4. The smallest absolute Gasteiger partial charge is 0.0332 e. The van der Waals surface area contributed by atoms with E-state index in [-0.39, 0.29) is 0 Å². The van der Waals surface area contributed by atoms with Crippen LogP contribution < -0.4 is 5.32 Å². The third-order valence-corrected chi connectivity index (χ3v) is 4.93. The van der Waals surface area contributed by atoms with E-state index in [1.54, 1.807) is 0 Å². The Balaban J connectivity index is 1.84. The van der Waals surface area contributed by atoms with Crippen molar-refractivity contribution >= 4 is 0 Å². The van der Waals surface area contributed by atoms with Crippen LogP contribution in [-0.2, 0) is 0 Å². The summed E-state index contributed by atoms with van der Waals surface area (Å²) in [5.41, 5.74) is 2.86. The number of nitrogens with zero attached hydrogens (tertiary/aromatic N) is 1. The van der Waals surface area contributed by atoms with Crippen LogP contribution >= 0.6 is 0 Å². The van der Waals surface area contributed by atoms with E-state index in [1.807, 2.05) is 0 Å². The highest BCUT2D eigenvalue weighted by Crippen LogP contribution is 2.23. The molecule has 1 N–H and O–H groups in total. The molecule has 20 heavy (non-hydrogen) atoms. The number of hydrogen-bond donors (Lipinski definition) is 1. The number of nitrogens with one attached hydrogen (secondary N) is 1. The third-order valence-electron chi connectivity index (χ3n) is 4.93. The van der Waals surface area contributed by atoms with Gasteiger partial charge in [-0.1, -0.05) is 37.6 Å². The average Bonchev–Trinajstić information content (AvgIpc) is 2.50. The lowest BCUT2D eigenvalue weighted by molar-refractivity contribution is 0.175. The molecule has 1 saturated heterocycles. The number of likely N-dealkylation sites (tertiary alicyclic amines) is 1. The van der Waals surface area contributed by atoms with Crippen LogP contribution in [0.2, 0.25) is 0 Å². The van der Waals surface area contributed by atoms with E-state index in [2.05, 4.69) is 55.4 Å². The Kier molecular flexibility index (Phi) is 6.06. The van der Waals surface area contributed by atoms with Crippen molar-refractivity contribution in [2.45, 2.75) is 45.6 Å². The molecule has 0 spiro atoms. The molecule has 1 aromatic carbocycles. The summed E-state index contributed by atoms with van der Waals surface area (Å²) in [6, 6.07) is 9.24. The fraction of sp³-hybridized carbons (Fsp3) is 0.667. The summed E-state index contributed by atoms with van der Waals surface area (Å²) in [6.45, 7) is 8.35. The van der Waals surface area contributed by atoms with Gasteiger partial charge < -0.3 is 10.2 Å². The lowest BCUT2D eigenvalue weighted by atomic mass is 9.93. The van der Waals surface area contributed by atoms with Crippen LogP contribution in [0.1, 0.15) is 49.8 Å². The maximum absolute atomic E-state index is 3.49. The predicted molar refractivity (Wildman–Crippen MR) is 87.1 cm³/mol. The van der Waals surface area contributed by atoms with E-state index < -0.39 is 0 Å². The summed E-state index contributed by atoms with van der Waals surface area (Å²) in [6.07, 6.45) is 5.35. The second-order valence-electron chi connectivity index (χ2n) is 6.18. The molecule has 0 radical (unpaired) electrons. The molecule has 1 heterocycles. The lowest BCUT2D eigenvalue weighted by Gasteiger charge is -2.32. The van der Waals surface area contributed by atoms with Crippen LogP contribution in [0.15, 0.2) is 24.3 Å². The Hall–Kier alpha value is -0.860. The Morgan fingerprint density at radius 3 is 2.55 bits per heavy atom. The van der Waals surface area contributed by atoms with Crippen molar-refractivity contribution in [3.63, 3.8) is 0 Å². The van der Waals surface area contributed by atoms with Gasteiger partial charge >= 0.3 is 0 Å². The molecule has 0 bridgehead atoms. The van der Waals surface area contributed by atoms with E-state index in [4.69, 9.17) is 0 Å². The number of rotatable bonds is 6. The van der Waals surface area contributed by atoms with Crippen LogP contribution in [0.4, 0.5) is 0 Å². The molecule has 112 valence electrons. The van der Waals surface area contributed by atoms with Gasteiger partial charge in [-0.05, 0) is 69.9 Å². The quantitative estimate of drug-likeness (QED) is 0.849. The van der Waals surface area contributed by atoms with E-state index in [1.165, 1.54) is 56.4 Å². The molecule has 2 heteroatoms. The standard InChI is InChI=1S/C18H30N2/c1-4-16-9-12-20(13-10-16)14-11-18(19-3)17-8-6-5-7-15(17)2/h5-8,16,18-19H,4,9-14H2,1-3H3. The van der Waals surface area contributed by atoms with Crippen LogP contribution in [0, 0.1) is 12.8 Å². The molecular weight excluding hydrogens is 244 g/mol. The van der Waals surface area contributed by atoms with E-state index in [0.29, 0.717) is 6.04 Å². The van der Waals surface area contributed by atoms with Crippen molar-refractivity contribution < 1.29 is 0 Å². The first-order valence-electron chi connectivity index (χ1n) is 8.19. The summed E-state index contributed by atoms with van der Waals surface area (Å²) in [4.78, 5) is 2.65. The van der Waals surface area contributed by atoms with Crippen molar-refractivity contribution in [3.8, 4) is 0 Å². The Morgan fingerprint density at radius 2 is 1.95 bits per heavy atom. The SMILES string of the molecule is CCC1CCN(CCC(NC)c2ccccc2C)CC1. The van der Waals surface area contributed by atoms with Crippen molar-refractivity contribution in [2.75, 3.05) is 26.7 Å². The summed E-state index contributed by atoms with van der Waals surface area (Å²) in [7, 11) is 2.08. The van der Waals surface area contributed by atoms with Gasteiger partial charge in [0.25, 0.3) is 0 Å².